The summed E-state index contributed by atoms with van der Waals surface area (Å²) in [6.07, 6.45) is 1.81. The Kier molecular flexibility index (Phi) is 5.78. The number of rotatable bonds is 5. The number of carbonyl (C=O) groups excluding carboxylic acids is 1. The lowest BCUT2D eigenvalue weighted by Gasteiger charge is -2.27. The topological polar surface area (TPSA) is 59.4 Å². The molecule has 7 heteroatoms. The Bertz CT molecular complexity index is 1130. The highest BCUT2D eigenvalue weighted by molar-refractivity contribution is 7.80. The second-order valence-electron chi connectivity index (χ2n) is 7.58. The highest BCUT2D eigenvalue weighted by atomic mass is 32.1. The number of methoxy groups -OCH3 is 1. The van der Waals surface area contributed by atoms with Crippen molar-refractivity contribution < 1.29 is 9.53 Å². The minimum absolute atomic E-state index is 0.00219. The van der Waals surface area contributed by atoms with Crippen molar-refractivity contribution in [2.24, 2.45) is 0 Å². The number of para-hydroxylation sites is 1. The quantitative estimate of drug-likeness (QED) is 0.478. The highest BCUT2D eigenvalue weighted by Gasteiger charge is 2.40. The number of hydrogen-bond donors (Lipinski definition) is 1. The number of aryl methyl sites for hydroxylation is 1. The number of pyridine rings is 1. The number of benzene rings is 1. The number of ether oxygens (including phenoxy) is 1. The van der Waals surface area contributed by atoms with Gasteiger partial charge in [-0.2, -0.15) is 0 Å². The molecule has 31 heavy (non-hydrogen) atoms. The number of aromatic nitrogens is 2. The Morgan fingerprint density at radius 2 is 1.94 bits per heavy atom. The van der Waals surface area contributed by atoms with Crippen LogP contribution in [0, 0.1) is 13.8 Å². The third kappa shape index (κ3) is 3.59. The minimum atomic E-state index is -0.352. The number of likely N-dealkylation sites (N-methyl/N-ethyl adjacent to an activating group) is 1. The molecule has 1 saturated heterocycles. The van der Waals surface area contributed by atoms with E-state index in [2.05, 4.69) is 46.6 Å². The third-order valence-electron chi connectivity index (χ3n) is 5.88. The van der Waals surface area contributed by atoms with Crippen LogP contribution < -0.4 is 5.32 Å². The smallest absolute Gasteiger partial charge is 0.339 e. The molecule has 2 atom stereocenters. The molecule has 0 bridgehead atoms. The maximum atomic E-state index is 12.4. The largest absolute Gasteiger partial charge is 0.465 e. The van der Waals surface area contributed by atoms with E-state index in [1.807, 2.05) is 42.6 Å². The second kappa shape index (κ2) is 8.51. The van der Waals surface area contributed by atoms with Crippen molar-refractivity contribution in [1.82, 2.24) is 19.8 Å². The molecule has 4 rings (SSSR count). The van der Waals surface area contributed by atoms with E-state index in [-0.39, 0.29) is 18.1 Å². The van der Waals surface area contributed by atoms with Gasteiger partial charge in [-0.05, 0) is 68.9 Å². The Balaban J connectivity index is 1.86. The summed E-state index contributed by atoms with van der Waals surface area (Å²) in [5, 5.41) is 4.19. The van der Waals surface area contributed by atoms with Gasteiger partial charge in [-0.15, -0.1) is 0 Å². The first-order chi connectivity index (χ1) is 15.0. The molecule has 0 spiro atoms. The summed E-state index contributed by atoms with van der Waals surface area (Å²) < 4.78 is 7.13. The van der Waals surface area contributed by atoms with Gasteiger partial charge in [0.1, 0.15) is 0 Å². The van der Waals surface area contributed by atoms with Crippen LogP contribution in [-0.2, 0) is 4.74 Å². The molecule has 1 aromatic carbocycles. The van der Waals surface area contributed by atoms with Gasteiger partial charge in [-0.25, -0.2) is 4.79 Å². The average Bonchev–Trinajstić information content (AvgIpc) is 3.28. The van der Waals surface area contributed by atoms with Crippen LogP contribution in [0.2, 0.25) is 0 Å². The lowest BCUT2D eigenvalue weighted by atomic mass is 9.97. The Morgan fingerprint density at radius 3 is 2.61 bits per heavy atom. The fourth-order valence-electron chi connectivity index (χ4n) is 4.49. The number of nitrogens with one attached hydrogen (secondary N) is 1. The van der Waals surface area contributed by atoms with Crippen molar-refractivity contribution in [3.63, 3.8) is 0 Å². The Labute approximate surface area is 187 Å². The molecule has 1 aliphatic rings. The van der Waals surface area contributed by atoms with Crippen LogP contribution in [0.4, 0.5) is 0 Å². The molecule has 3 heterocycles. The van der Waals surface area contributed by atoms with Gasteiger partial charge in [0.2, 0.25) is 0 Å². The molecule has 1 N–H and O–H groups in total. The molecule has 1 fully saturated rings. The van der Waals surface area contributed by atoms with Gasteiger partial charge >= 0.3 is 5.97 Å². The summed E-state index contributed by atoms with van der Waals surface area (Å²) in [7, 11) is 1.40. The summed E-state index contributed by atoms with van der Waals surface area (Å²) in [5.41, 5.74) is 5.54. The first kappa shape index (κ1) is 21.1. The van der Waals surface area contributed by atoms with E-state index in [1.54, 1.807) is 6.07 Å². The summed E-state index contributed by atoms with van der Waals surface area (Å²) in [6, 6.07) is 15.6. The SMILES string of the molecule is CCN1C(=S)N[C@@H](c2ccccn2)[C@@H]1c1cc(C)n(-c2ccccc2C(=O)OC)c1C. The molecule has 0 aliphatic carbocycles. The number of hydrogen-bond acceptors (Lipinski definition) is 4. The van der Waals surface area contributed by atoms with E-state index < -0.39 is 0 Å². The fourth-order valence-corrected chi connectivity index (χ4v) is 4.86. The molecule has 2 aromatic heterocycles. The van der Waals surface area contributed by atoms with Gasteiger partial charge in [0.15, 0.2) is 5.11 Å². The van der Waals surface area contributed by atoms with Crippen molar-refractivity contribution in [2.75, 3.05) is 13.7 Å². The van der Waals surface area contributed by atoms with Crippen LogP contribution in [0.25, 0.3) is 5.69 Å². The summed E-state index contributed by atoms with van der Waals surface area (Å²) in [4.78, 5) is 19.2. The van der Waals surface area contributed by atoms with Crippen molar-refractivity contribution in [1.29, 1.82) is 0 Å². The molecule has 0 saturated carbocycles. The van der Waals surface area contributed by atoms with E-state index in [0.717, 1.165) is 40.0 Å². The number of thiocarbonyl (C=S) groups is 1. The normalized spacial score (nSPS) is 18.2. The number of carbonyl (C=O) groups is 1. The van der Waals surface area contributed by atoms with Crippen molar-refractivity contribution in [3.8, 4) is 5.69 Å². The fraction of sp³-hybridized carbons (Fsp3) is 0.292. The molecule has 0 unspecified atom stereocenters. The molecule has 0 amide bonds. The van der Waals surface area contributed by atoms with Crippen LogP contribution in [0.3, 0.4) is 0 Å². The van der Waals surface area contributed by atoms with Crippen molar-refractivity contribution >= 4 is 23.3 Å². The average molecular weight is 435 g/mol. The van der Waals surface area contributed by atoms with Gasteiger partial charge in [0.25, 0.3) is 0 Å². The van der Waals surface area contributed by atoms with Crippen LogP contribution in [-0.4, -0.2) is 39.2 Å². The maximum Gasteiger partial charge on any atom is 0.339 e. The summed E-state index contributed by atoms with van der Waals surface area (Å²) in [6.45, 7) is 7.02. The van der Waals surface area contributed by atoms with Crippen LogP contribution in [0.15, 0.2) is 54.7 Å². The van der Waals surface area contributed by atoms with Crippen LogP contribution in [0.1, 0.15) is 52.0 Å². The zero-order valence-corrected chi connectivity index (χ0v) is 18.9. The van der Waals surface area contributed by atoms with Gasteiger partial charge in [-0.3, -0.25) is 4.98 Å². The van der Waals surface area contributed by atoms with Crippen LogP contribution >= 0.6 is 12.2 Å². The molecule has 1 aliphatic heterocycles. The van der Waals surface area contributed by atoms with Gasteiger partial charge < -0.3 is 19.5 Å². The molecular formula is C24H26N4O2S. The monoisotopic (exact) mass is 434 g/mol. The minimum Gasteiger partial charge on any atom is -0.465 e. The lowest BCUT2D eigenvalue weighted by Crippen LogP contribution is -2.29. The first-order valence-corrected chi connectivity index (χ1v) is 10.7. The van der Waals surface area contributed by atoms with E-state index >= 15 is 0 Å². The molecule has 160 valence electrons. The van der Waals surface area contributed by atoms with Gasteiger partial charge in [0, 0.05) is 24.1 Å². The van der Waals surface area contributed by atoms with Gasteiger partial charge in [-0.1, -0.05) is 18.2 Å². The highest BCUT2D eigenvalue weighted by Crippen LogP contribution is 2.41. The summed E-state index contributed by atoms with van der Waals surface area (Å²) in [5.74, 6) is -0.352. The lowest BCUT2D eigenvalue weighted by molar-refractivity contribution is 0.0600. The molecule has 0 radical (unpaired) electrons. The van der Waals surface area contributed by atoms with Crippen LogP contribution in [0.5, 0.6) is 0 Å². The Morgan fingerprint density at radius 1 is 1.19 bits per heavy atom. The van der Waals surface area contributed by atoms with E-state index in [1.165, 1.54) is 7.11 Å². The standard InChI is InChI=1S/C24H26N4O2S/c1-5-27-22(21(26-24(27)31)19-11-8-9-13-25-19)18-14-15(2)28(16(18)3)20-12-7-6-10-17(20)23(29)30-4/h6-14,21-22H,5H2,1-4H3,(H,26,31)/t21-,22-/m0/s1. The maximum absolute atomic E-state index is 12.4. The summed E-state index contributed by atoms with van der Waals surface area (Å²) >= 11 is 5.66. The third-order valence-corrected chi connectivity index (χ3v) is 6.23. The number of esters is 1. The molecule has 3 aromatic rings. The van der Waals surface area contributed by atoms with Crippen molar-refractivity contribution in [2.45, 2.75) is 32.9 Å². The zero-order valence-electron chi connectivity index (χ0n) is 18.1. The predicted molar refractivity (Wildman–Crippen MR) is 124 cm³/mol. The first-order valence-electron chi connectivity index (χ1n) is 10.3. The molecular weight excluding hydrogens is 408 g/mol. The zero-order chi connectivity index (χ0) is 22.1. The number of nitrogens with zero attached hydrogens (tertiary/aromatic N) is 3. The van der Waals surface area contributed by atoms with E-state index in [0.29, 0.717) is 5.56 Å². The van der Waals surface area contributed by atoms with E-state index in [4.69, 9.17) is 17.0 Å². The van der Waals surface area contributed by atoms with Crippen molar-refractivity contribution in [3.05, 3.63) is 82.9 Å². The van der Waals surface area contributed by atoms with E-state index in [9.17, 15) is 4.79 Å². The Hall–Kier alpha value is -3.19. The predicted octanol–water partition coefficient (Wildman–Crippen LogP) is 4.27. The second-order valence-corrected chi connectivity index (χ2v) is 7.97. The molecule has 6 nitrogen and oxygen atoms in total. The van der Waals surface area contributed by atoms with Gasteiger partial charge in [0.05, 0.1) is 36.1 Å².